The van der Waals surface area contributed by atoms with Crippen LogP contribution in [0.1, 0.15) is 5.69 Å². The van der Waals surface area contributed by atoms with Gasteiger partial charge >= 0.3 is 0 Å². The topological polar surface area (TPSA) is 37.5 Å². The number of nitrogens with zero attached hydrogens (tertiary/aromatic N) is 2. The maximum Gasteiger partial charge on any atom is 0.193 e. The molecule has 1 N–H and O–H groups in total. The number of aliphatic hydroxyl groups is 1. The molecular weight excluding hydrogens is 160 g/mol. The van der Waals surface area contributed by atoms with E-state index < -0.39 is 0 Å². The molecule has 0 radical (unpaired) electrons. The number of aliphatic hydroxyl groups excluding tert-OH is 1. The van der Waals surface area contributed by atoms with Crippen LogP contribution in [-0.4, -0.2) is 21.1 Å². The molecule has 3 nitrogen and oxygen atoms in total. The zero-order valence-corrected chi connectivity index (χ0v) is 6.71. The van der Waals surface area contributed by atoms with Crippen LogP contribution in [0.5, 0.6) is 0 Å². The largest absolute Gasteiger partial charge is 0.396 e. The third-order valence-corrected chi connectivity index (χ3v) is 2.49. The molecule has 2 rings (SSSR count). The van der Waals surface area contributed by atoms with E-state index in [1.165, 1.54) is 0 Å². The SMILES string of the molecule is OCCc1csc2nccn12. The van der Waals surface area contributed by atoms with Crippen LogP contribution in [0.4, 0.5) is 0 Å². The van der Waals surface area contributed by atoms with Crippen molar-refractivity contribution in [2.75, 3.05) is 6.61 Å². The highest BCUT2D eigenvalue weighted by molar-refractivity contribution is 7.15. The standard InChI is InChI=1S/C7H8N2OS/c10-4-1-6-5-11-7-8-2-3-9(6)7/h2-3,5,10H,1,4H2. The van der Waals surface area contributed by atoms with E-state index in [9.17, 15) is 0 Å². The van der Waals surface area contributed by atoms with Crippen molar-refractivity contribution in [2.45, 2.75) is 6.42 Å². The Balaban J connectivity index is 2.51. The van der Waals surface area contributed by atoms with Crippen LogP contribution in [-0.2, 0) is 6.42 Å². The molecule has 0 unspecified atom stereocenters. The second kappa shape index (κ2) is 2.64. The Morgan fingerprint density at radius 1 is 1.64 bits per heavy atom. The molecule has 11 heavy (non-hydrogen) atoms. The molecule has 0 saturated heterocycles. The van der Waals surface area contributed by atoms with Gasteiger partial charge in [0, 0.05) is 36.5 Å². The first-order valence-corrected chi connectivity index (χ1v) is 4.30. The van der Waals surface area contributed by atoms with Gasteiger partial charge in [-0.1, -0.05) is 0 Å². The van der Waals surface area contributed by atoms with Crippen LogP contribution >= 0.6 is 11.3 Å². The van der Waals surface area contributed by atoms with E-state index in [2.05, 4.69) is 4.98 Å². The van der Waals surface area contributed by atoms with E-state index in [4.69, 9.17) is 5.11 Å². The molecule has 0 aliphatic carbocycles. The summed E-state index contributed by atoms with van der Waals surface area (Å²) in [7, 11) is 0. The molecule has 0 amide bonds. The molecule has 0 aliphatic rings. The average Bonchev–Trinajstić information content (AvgIpc) is 2.53. The molecule has 2 aromatic heterocycles. The van der Waals surface area contributed by atoms with Gasteiger partial charge in [0.15, 0.2) is 4.96 Å². The first-order chi connectivity index (χ1) is 5.42. The fourth-order valence-electron chi connectivity index (χ4n) is 1.07. The molecule has 58 valence electrons. The maximum absolute atomic E-state index is 8.71. The summed E-state index contributed by atoms with van der Waals surface area (Å²) in [4.78, 5) is 5.12. The Morgan fingerprint density at radius 3 is 3.36 bits per heavy atom. The van der Waals surface area contributed by atoms with Crippen molar-refractivity contribution in [2.24, 2.45) is 0 Å². The Labute approximate surface area is 67.9 Å². The third-order valence-electron chi connectivity index (χ3n) is 1.58. The molecule has 0 saturated carbocycles. The van der Waals surface area contributed by atoms with E-state index in [1.807, 2.05) is 16.0 Å². The van der Waals surface area contributed by atoms with E-state index in [-0.39, 0.29) is 6.61 Å². The molecule has 2 aromatic rings. The molecule has 0 aromatic carbocycles. The predicted octanol–water partition coefficient (Wildman–Crippen LogP) is 0.931. The van der Waals surface area contributed by atoms with Crippen molar-refractivity contribution in [3.05, 3.63) is 23.5 Å². The average molecular weight is 168 g/mol. The number of thiazole rings is 1. The lowest BCUT2D eigenvalue weighted by Crippen LogP contribution is -1.93. The van der Waals surface area contributed by atoms with Gasteiger partial charge in [0.25, 0.3) is 0 Å². The molecule has 0 aliphatic heterocycles. The lowest BCUT2D eigenvalue weighted by Gasteiger charge is -1.92. The minimum absolute atomic E-state index is 0.198. The number of fused-ring (bicyclic) bond motifs is 1. The summed E-state index contributed by atoms with van der Waals surface area (Å²) >= 11 is 1.60. The van der Waals surface area contributed by atoms with Crippen molar-refractivity contribution in [3.8, 4) is 0 Å². The number of imidazole rings is 1. The summed E-state index contributed by atoms with van der Waals surface area (Å²) in [5.41, 5.74) is 1.13. The first kappa shape index (κ1) is 6.82. The normalized spacial score (nSPS) is 11.0. The Bertz CT molecular complexity index is 352. The van der Waals surface area contributed by atoms with Gasteiger partial charge in [0.1, 0.15) is 0 Å². The fraction of sp³-hybridized carbons (Fsp3) is 0.286. The summed E-state index contributed by atoms with van der Waals surface area (Å²) in [6.45, 7) is 0.198. The molecule has 0 spiro atoms. The van der Waals surface area contributed by atoms with Crippen molar-refractivity contribution < 1.29 is 5.11 Å². The molecule has 0 bridgehead atoms. The van der Waals surface area contributed by atoms with E-state index in [1.54, 1.807) is 17.5 Å². The highest BCUT2D eigenvalue weighted by Crippen LogP contribution is 2.14. The minimum atomic E-state index is 0.198. The van der Waals surface area contributed by atoms with Crippen LogP contribution in [0.2, 0.25) is 0 Å². The zero-order chi connectivity index (χ0) is 7.68. The van der Waals surface area contributed by atoms with Crippen molar-refractivity contribution >= 4 is 16.3 Å². The highest BCUT2D eigenvalue weighted by Gasteiger charge is 2.01. The van der Waals surface area contributed by atoms with E-state index in [0.717, 1.165) is 10.7 Å². The predicted molar refractivity (Wildman–Crippen MR) is 43.9 cm³/mol. The van der Waals surface area contributed by atoms with Gasteiger partial charge in [-0.25, -0.2) is 4.98 Å². The van der Waals surface area contributed by atoms with E-state index >= 15 is 0 Å². The Kier molecular flexibility index (Phi) is 1.63. The Morgan fingerprint density at radius 2 is 2.55 bits per heavy atom. The van der Waals surface area contributed by atoms with Gasteiger partial charge in [-0.05, 0) is 0 Å². The smallest absolute Gasteiger partial charge is 0.193 e. The number of rotatable bonds is 2. The van der Waals surface area contributed by atoms with Crippen molar-refractivity contribution in [3.63, 3.8) is 0 Å². The van der Waals surface area contributed by atoms with Crippen LogP contribution < -0.4 is 0 Å². The summed E-state index contributed by atoms with van der Waals surface area (Å²) < 4.78 is 2.00. The second-order valence-electron chi connectivity index (χ2n) is 2.28. The third kappa shape index (κ3) is 1.04. The van der Waals surface area contributed by atoms with Gasteiger partial charge in [-0.2, -0.15) is 0 Å². The minimum Gasteiger partial charge on any atom is -0.396 e. The van der Waals surface area contributed by atoms with Crippen LogP contribution in [0.15, 0.2) is 17.8 Å². The monoisotopic (exact) mass is 168 g/mol. The molecule has 0 fully saturated rings. The first-order valence-electron chi connectivity index (χ1n) is 3.42. The fourth-order valence-corrected chi connectivity index (χ4v) is 1.95. The molecule has 0 atom stereocenters. The highest BCUT2D eigenvalue weighted by atomic mass is 32.1. The molecule has 4 heteroatoms. The van der Waals surface area contributed by atoms with Gasteiger partial charge in [-0.3, -0.25) is 4.40 Å². The lowest BCUT2D eigenvalue weighted by atomic mass is 10.4. The zero-order valence-electron chi connectivity index (χ0n) is 5.90. The van der Waals surface area contributed by atoms with Gasteiger partial charge < -0.3 is 5.11 Å². The number of aromatic nitrogens is 2. The molecular formula is C7H8N2OS. The van der Waals surface area contributed by atoms with Gasteiger partial charge in [0.2, 0.25) is 0 Å². The van der Waals surface area contributed by atoms with Gasteiger partial charge in [0.05, 0.1) is 0 Å². The van der Waals surface area contributed by atoms with Gasteiger partial charge in [-0.15, -0.1) is 11.3 Å². The summed E-state index contributed by atoms with van der Waals surface area (Å²) in [5.74, 6) is 0. The van der Waals surface area contributed by atoms with Crippen LogP contribution in [0.3, 0.4) is 0 Å². The summed E-state index contributed by atoms with van der Waals surface area (Å²) in [6, 6.07) is 0. The number of hydrogen-bond donors (Lipinski definition) is 1. The van der Waals surface area contributed by atoms with Crippen molar-refractivity contribution in [1.29, 1.82) is 0 Å². The Hall–Kier alpha value is -0.870. The van der Waals surface area contributed by atoms with Crippen molar-refractivity contribution in [1.82, 2.24) is 9.38 Å². The maximum atomic E-state index is 8.71. The molecule has 2 heterocycles. The number of hydrogen-bond acceptors (Lipinski definition) is 3. The summed E-state index contributed by atoms with van der Waals surface area (Å²) in [6.07, 6.45) is 4.39. The summed E-state index contributed by atoms with van der Waals surface area (Å²) in [5, 5.41) is 10.7. The van der Waals surface area contributed by atoms with Crippen LogP contribution in [0, 0.1) is 0 Å². The van der Waals surface area contributed by atoms with E-state index in [0.29, 0.717) is 6.42 Å². The quantitative estimate of drug-likeness (QED) is 0.724. The second-order valence-corrected chi connectivity index (χ2v) is 3.12. The van der Waals surface area contributed by atoms with Crippen LogP contribution in [0.25, 0.3) is 4.96 Å². The lowest BCUT2D eigenvalue weighted by molar-refractivity contribution is 0.298.